The summed E-state index contributed by atoms with van der Waals surface area (Å²) in [7, 11) is 3.79. The van der Waals surface area contributed by atoms with Gasteiger partial charge in [-0.15, -0.1) is 0 Å². The first-order valence-electron chi connectivity index (χ1n) is 8.96. The number of amides is 1. The van der Waals surface area contributed by atoms with Gasteiger partial charge in [-0.2, -0.15) is 0 Å². The summed E-state index contributed by atoms with van der Waals surface area (Å²) in [4.78, 5) is 17.5. The number of carbonyl (C=O) groups is 1. The SMILES string of the molecule is CN=C(NCCOc1cccc(NC(C)=O)c1)N(C)Cc1ccccc1C. The van der Waals surface area contributed by atoms with Crippen molar-refractivity contribution in [3.05, 3.63) is 59.7 Å². The van der Waals surface area contributed by atoms with E-state index < -0.39 is 0 Å². The molecule has 1 amide bonds. The van der Waals surface area contributed by atoms with E-state index in [1.165, 1.54) is 18.1 Å². The molecule has 0 aliphatic heterocycles. The Balaban J connectivity index is 1.81. The number of aryl methyl sites for hydroxylation is 1. The lowest BCUT2D eigenvalue weighted by molar-refractivity contribution is -0.114. The van der Waals surface area contributed by atoms with Crippen LogP contribution in [0, 0.1) is 6.92 Å². The monoisotopic (exact) mass is 368 g/mol. The van der Waals surface area contributed by atoms with Crippen LogP contribution in [0.15, 0.2) is 53.5 Å². The summed E-state index contributed by atoms with van der Waals surface area (Å²) in [5.74, 6) is 1.43. The van der Waals surface area contributed by atoms with Crippen LogP contribution in [0.5, 0.6) is 5.75 Å². The number of anilines is 1. The highest BCUT2D eigenvalue weighted by atomic mass is 16.5. The standard InChI is InChI=1S/C21H28N4O2/c1-16-8-5-6-9-18(16)15-25(4)21(22-3)23-12-13-27-20-11-7-10-19(14-20)24-17(2)26/h5-11,14H,12-13,15H2,1-4H3,(H,22,23)(H,24,26). The van der Waals surface area contributed by atoms with E-state index in [4.69, 9.17) is 4.74 Å². The molecule has 0 radical (unpaired) electrons. The van der Waals surface area contributed by atoms with Crippen molar-refractivity contribution in [2.24, 2.45) is 4.99 Å². The van der Waals surface area contributed by atoms with Crippen molar-refractivity contribution < 1.29 is 9.53 Å². The van der Waals surface area contributed by atoms with Crippen molar-refractivity contribution in [3.8, 4) is 5.75 Å². The minimum absolute atomic E-state index is 0.102. The van der Waals surface area contributed by atoms with Crippen molar-refractivity contribution in [1.29, 1.82) is 0 Å². The third kappa shape index (κ3) is 6.66. The van der Waals surface area contributed by atoms with Gasteiger partial charge in [-0.1, -0.05) is 30.3 Å². The summed E-state index contributed by atoms with van der Waals surface area (Å²) in [5.41, 5.74) is 3.26. The number of carbonyl (C=O) groups excluding carboxylic acids is 1. The van der Waals surface area contributed by atoms with Crippen LogP contribution in [0.1, 0.15) is 18.1 Å². The number of hydrogen-bond donors (Lipinski definition) is 2. The van der Waals surface area contributed by atoms with Crippen LogP contribution in [-0.4, -0.2) is 44.0 Å². The number of benzene rings is 2. The molecule has 0 saturated heterocycles. The number of ether oxygens (including phenoxy) is 1. The largest absolute Gasteiger partial charge is 0.492 e. The second kappa shape index (κ2) is 10.2. The molecule has 0 aromatic heterocycles. The van der Waals surface area contributed by atoms with Crippen LogP contribution in [0.4, 0.5) is 5.69 Å². The normalized spacial score (nSPS) is 11.0. The molecule has 0 heterocycles. The molecule has 0 saturated carbocycles. The first-order chi connectivity index (χ1) is 13.0. The number of hydrogen-bond acceptors (Lipinski definition) is 3. The molecule has 6 heteroatoms. The van der Waals surface area contributed by atoms with E-state index in [1.54, 1.807) is 13.1 Å². The van der Waals surface area contributed by atoms with Gasteiger partial charge in [0.15, 0.2) is 5.96 Å². The lowest BCUT2D eigenvalue weighted by Crippen LogP contribution is -2.40. The van der Waals surface area contributed by atoms with Crippen LogP contribution in [0.25, 0.3) is 0 Å². The average molecular weight is 368 g/mol. The van der Waals surface area contributed by atoms with Crippen LogP contribution in [0.2, 0.25) is 0 Å². The Labute approximate surface area is 161 Å². The Morgan fingerprint density at radius 2 is 1.96 bits per heavy atom. The number of nitrogens with zero attached hydrogens (tertiary/aromatic N) is 2. The number of rotatable bonds is 7. The van der Waals surface area contributed by atoms with Gasteiger partial charge in [-0.05, 0) is 30.2 Å². The fourth-order valence-corrected chi connectivity index (χ4v) is 2.70. The maximum atomic E-state index is 11.1. The second-order valence-electron chi connectivity index (χ2n) is 6.31. The molecule has 0 fully saturated rings. The van der Waals surface area contributed by atoms with Gasteiger partial charge in [0.2, 0.25) is 5.91 Å². The summed E-state index contributed by atoms with van der Waals surface area (Å²) in [6, 6.07) is 15.7. The second-order valence-corrected chi connectivity index (χ2v) is 6.31. The number of nitrogens with one attached hydrogen (secondary N) is 2. The van der Waals surface area contributed by atoms with Crippen molar-refractivity contribution in [1.82, 2.24) is 10.2 Å². The predicted octanol–water partition coefficient (Wildman–Crippen LogP) is 3.04. The van der Waals surface area contributed by atoms with Crippen molar-refractivity contribution >= 4 is 17.6 Å². The maximum Gasteiger partial charge on any atom is 0.221 e. The molecule has 0 aliphatic carbocycles. The van der Waals surface area contributed by atoms with E-state index in [1.807, 2.05) is 31.3 Å². The Morgan fingerprint density at radius 1 is 1.19 bits per heavy atom. The van der Waals surface area contributed by atoms with E-state index in [0.29, 0.717) is 18.9 Å². The van der Waals surface area contributed by atoms with Crippen molar-refractivity contribution in [3.63, 3.8) is 0 Å². The zero-order valence-corrected chi connectivity index (χ0v) is 16.5. The molecule has 0 bridgehead atoms. The summed E-state index contributed by atoms with van der Waals surface area (Å²) in [5, 5.41) is 6.05. The van der Waals surface area contributed by atoms with Gasteiger partial charge >= 0.3 is 0 Å². The summed E-state index contributed by atoms with van der Waals surface area (Å²) in [6.45, 7) is 5.49. The van der Waals surface area contributed by atoms with Gasteiger partial charge in [0.1, 0.15) is 12.4 Å². The van der Waals surface area contributed by atoms with E-state index in [0.717, 1.165) is 18.2 Å². The van der Waals surface area contributed by atoms with Crippen LogP contribution < -0.4 is 15.4 Å². The maximum absolute atomic E-state index is 11.1. The summed E-state index contributed by atoms with van der Waals surface area (Å²) in [6.07, 6.45) is 0. The highest BCUT2D eigenvalue weighted by Crippen LogP contribution is 2.17. The molecule has 0 spiro atoms. The Bertz CT molecular complexity index is 789. The molecule has 2 rings (SSSR count). The minimum Gasteiger partial charge on any atom is -0.492 e. The minimum atomic E-state index is -0.102. The molecule has 0 unspecified atom stereocenters. The smallest absolute Gasteiger partial charge is 0.221 e. The van der Waals surface area contributed by atoms with Crippen molar-refractivity contribution in [2.45, 2.75) is 20.4 Å². The zero-order valence-electron chi connectivity index (χ0n) is 16.5. The lowest BCUT2D eigenvalue weighted by Gasteiger charge is -2.23. The van der Waals surface area contributed by atoms with E-state index in [-0.39, 0.29) is 5.91 Å². The number of guanidine groups is 1. The molecule has 0 aliphatic rings. The van der Waals surface area contributed by atoms with E-state index in [2.05, 4.69) is 45.6 Å². The summed E-state index contributed by atoms with van der Waals surface area (Å²) < 4.78 is 5.75. The van der Waals surface area contributed by atoms with Crippen LogP contribution in [-0.2, 0) is 11.3 Å². The molecule has 2 aromatic carbocycles. The van der Waals surface area contributed by atoms with Gasteiger partial charge in [0, 0.05) is 39.3 Å². The van der Waals surface area contributed by atoms with Gasteiger partial charge in [-0.3, -0.25) is 9.79 Å². The molecular weight excluding hydrogens is 340 g/mol. The molecule has 0 atom stereocenters. The third-order valence-corrected chi connectivity index (χ3v) is 4.05. The Morgan fingerprint density at radius 3 is 2.67 bits per heavy atom. The molecule has 27 heavy (non-hydrogen) atoms. The third-order valence-electron chi connectivity index (χ3n) is 4.05. The van der Waals surface area contributed by atoms with Gasteiger partial charge < -0.3 is 20.3 Å². The highest BCUT2D eigenvalue weighted by molar-refractivity contribution is 5.88. The number of aliphatic imine (C=N–C) groups is 1. The van der Waals surface area contributed by atoms with Gasteiger partial charge in [-0.25, -0.2) is 0 Å². The molecular formula is C21H28N4O2. The van der Waals surface area contributed by atoms with Gasteiger partial charge in [0.25, 0.3) is 0 Å². The first-order valence-corrected chi connectivity index (χ1v) is 8.96. The Kier molecular flexibility index (Phi) is 7.67. The fourth-order valence-electron chi connectivity index (χ4n) is 2.70. The van der Waals surface area contributed by atoms with E-state index >= 15 is 0 Å². The van der Waals surface area contributed by atoms with E-state index in [9.17, 15) is 4.79 Å². The van der Waals surface area contributed by atoms with Crippen molar-refractivity contribution in [2.75, 3.05) is 32.6 Å². The predicted molar refractivity (Wildman–Crippen MR) is 110 cm³/mol. The fraction of sp³-hybridized carbons (Fsp3) is 0.333. The molecule has 2 N–H and O–H groups in total. The lowest BCUT2D eigenvalue weighted by atomic mass is 10.1. The van der Waals surface area contributed by atoms with Gasteiger partial charge in [0.05, 0.1) is 6.54 Å². The Hall–Kier alpha value is -3.02. The first kappa shape index (κ1) is 20.3. The topological polar surface area (TPSA) is 66.0 Å². The molecule has 6 nitrogen and oxygen atoms in total. The average Bonchev–Trinajstić information content (AvgIpc) is 2.63. The molecule has 2 aromatic rings. The quantitative estimate of drug-likeness (QED) is 0.448. The summed E-state index contributed by atoms with van der Waals surface area (Å²) >= 11 is 0. The van der Waals surface area contributed by atoms with Crippen LogP contribution >= 0.6 is 0 Å². The zero-order chi connectivity index (χ0) is 19.6. The van der Waals surface area contributed by atoms with Crippen LogP contribution in [0.3, 0.4) is 0 Å². The highest BCUT2D eigenvalue weighted by Gasteiger charge is 2.08. The molecule has 144 valence electrons.